The molecule has 0 aliphatic carbocycles. The Morgan fingerprint density at radius 1 is 1.60 bits per heavy atom. The van der Waals surface area contributed by atoms with Gasteiger partial charge in [-0.05, 0) is 6.54 Å². The Labute approximate surface area is 60.9 Å². The van der Waals surface area contributed by atoms with Crippen LogP contribution in [0.4, 0.5) is 0 Å². The SMILES string of the molecule is CCC(O)(CCN)OOC. The van der Waals surface area contributed by atoms with Crippen molar-refractivity contribution in [3.05, 3.63) is 0 Å². The lowest BCUT2D eigenvalue weighted by Crippen LogP contribution is -2.33. The molecule has 0 aromatic heterocycles. The van der Waals surface area contributed by atoms with Crippen LogP contribution in [-0.2, 0) is 9.78 Å². The smallest absolute Gasteiger partial charge is 0.200 e. The Balaban J connectivity index is 3.69. The summed E-state index contributed by atoms with van der Waals surface area (Å²) in [7, 11) is 1.36. The normalized spacial score (nSPS) is 16.8. The van der Waals surface area contributed by atoms with Gasteiger partial charge >= 0.3 is 0 Å². The summed E-state index contributed by atoms with van der Waals surface area (Å²) in [5, 5.41) is 9.39. The number of aliphatic hydroxyl groups is 1. The van der Waals surface area contributed by atoms with Crippen molar-refractivity contribution in [1.82, 2.24) is 0 Å². The topological polar surface area (TPSA) is 64.7 Å². The lowest BCUT2D eigenvalue weighted by molar-refractivity contribution is -0.408. The second kappa shape index (κ2) is 4.62. The molecule has 0 spiro atoms. The van der Waals surface area contributed by atoms with Crippen LogP contribution in [0, 0.1) is 0 Å². The predicted molar refractivity (Wildman–Crippen MR) is 37.0 cm³/mol. The van der Waals surface area contributed by atoms with Crippen LogP contribution in [0.25, 0.3) is 0 Å². The highest BCUT2D eigenvalue weighted by atomic mass is 17.2. The third kappa shape index (κ3) is 3.12. The Bertz CT molecular complexity index is 81.1. The summed E-state index contributed by atoms with van der Waals surface area (Å²) in [6.45, 7) is 2.18. The van der Waals surface area contributed by atoms with Crippen LogP contribution in [0.15, 0.2) is 0 Å². The molecular formula is C6H15NO3. The Morgan fingerprint density at radius 3 is 2.50 bits per heavy atom. The average molecular weight is 149 g/mol. The molecule has 0 fully saturated rings. The lowest BCUT2D eigenvalue weighted by atomic mass is 10.1. The van der Waals surface area contributed by atoms with Crippen molar-refractivity contribution in [2.24, 2.45) is 5.73 Å². The second-order valence-electron chi connectivity index (χ2n) is 2.09. The largest absolute Gasteiger partial charge is 0.363 e. The zero-order valence-electron chi connectivity index (χ0n) is 6.46. The molecule has 0 aliphatic heterocycles. The van der Waals surface area contributed by atoms with Gasteiger partial charge < -0.3 is 10.8 Å². The van der Waals surface area contributed by atoms with Crippen molar-refractivity contribution < 1.29 is 14.9 Å². The van der Waals surface area contributed by atoms with E-state index in [2.05, 4.69) is 9.78 Å². The molecule has 3 N–H and O–H groups in total. The lowest BCUT2D eigenvalue weighted by Gasteiger charge is -2.23. The van der Waals surface area contributed by atoms with Gasteiger partial charge in [0.25, 0.3) is 0 Å². The van der Waals surface area contributed by atoms with Crippen molar-refractivity contribution in [3.63, 3.8) is 0 Å². The zero-order valence-corrected chi connectivity index (χ0v) is 6.46. The molecule has 0 radical (unpaired) electrons. The minimum Gasteiger partial charge on any atom is -0.363 e. The van der Waals surface area contributed by atoms with E-state index in [1.807, 2.05) is 0 Å². The first-order valence-corrected chi connectivity index (χ1v) is 3.33. The van der Waals surface area contributed by atoms with Crippen LogP contribution in [0.1, 0.15) is 19.8 Å². The van der Waals surface area contributed by atoms with Gasteiger partial charge in [-0.2, -0.15) is 0 Å². The van der Waals surface area contributed by atoms with Crippen LogP contribution in [0.5, 0.6) is 0 Å². The Hall–Kier alpha value is -0.160. The average Bonchev–Trinajstić information content (AvgIpc) is 1.89. The first-order chi connectivity index (χ1) is 4.68. The molecule has 10 heavy (non-hydrogen) atoms. The molecule has 0 aromatic rings. The van der Waals surface area contributed by atoms with E-state index in [-0.39, 0.29) is 0 Å². The summed E-state index contributed by atoms with van der Waals surface area (Å²) in [4.78, 5) is 8.94. The summed E-state index contributed by atoms with van der Waals surface area (Å²) >= 11 is 0. The summed E-state index contributed by atoms with van der Waals surface area (Å²) in [6, 6.07) is 0. The van der Waals surface area contributed by atoms with Gasteiger partial charge in [-0.25, -0.2) is 9.78 Å². The third-order valence-corrected chi connectivity index (χ3v) is 1.33. The molecule has 0 bridgehead atoms. The van der Waals surface area contributed by atoms with Gasteiger partial charge in [0.2, 0.25) is 0 Å². The zero-order chi connectivity index (χ0) is 8.04. The first-order valence-electron chi connectivity index (χ1n) is 3.33. The predicted octanol–water partition coefficient (Wildman–Crippen LogP) is 0.0118. The van der Waals surface area contributed by atoms with E-state index in [1.165, 1.54) is 7.11 Å². The molecule has 0 amide bonds. The molecule has 0 aromatic carbocycles. The fraction of sp³-hybridized carbons (Fsp3) is 1.00. The second-order valence-corrected chi connectivity index (χ2v) is 2.09. The van der Waals surface area contributed by atoms with Gasteiger partial charge in [0, 0.05) is 12.8 Å². The number of hydrogen-bond donors (Lipinski definition) is 2. The fourth-order valence-corrected chi connectivity index (χ4v) is 0.658. The monoisotopic (exact) mass is 149 g/mol. The summed E-state index contributed by atoms with van der Waals surface area (Å²) in [5.41, 5.74) is 5.22. The highest BCUT2D eigenvalue weighted by molar-refractivity contribution is 4.62. The van der Waals surface area contributed by atoms with Crippen LogP contribution in [0.3, 0.4) is 0 Å². The molecule has 0 aliphatic rings. The molecular weight excluding hydrogens is 134 g/mol. The maximum Gasteiger partial charge on any atom is 0.200 e. The molecule has 4 heteroatoms. The van der Waals surface area contributed by atoms with Crippen LogP contribution in [0.2, 0.25) is 0 Å². The number of hydrogen-bond acceptors (Lipinski definition) is 4. The van der Waals surface area contributed by atoms with Gasteiger partial charge in [0.15, 0.2) is 5.79 Å². The Morgan fingerprint density at radius 2 is 2.20 bits per heavy atom. The van der Waals surface area contributed by atoms with Gasteiger partial charge in [-0.1, -0.05) is 6.92 Å². The summed E-state index contributed by atoms with van der Waals surface area (Å²) < 4.78 is 0. The maximum absolute atomic E-state index is 9.39. The minimum absolute atomic E-state index is 0.383. The van der Waals surface area contributed by atoms with Crippen LogP contribution in [-0.4, -0.2) is 24.5 Å². The molecule has 0 heterocycles. The number of rotatable bonds is 5. The van der Waals surface area contributed by atoms with E-state index in [4.69, 9.17) is 5.73 Å². The van der Waals surface area contributed by atoms with E-state index in [0.717, 1.165) is 0 Å². The van der Waals surface area contributed by atoms with E-state index in [0.29, 0.717) is 19.4 Å². The van der Waals surface area contributed by atoms with Crippen molar-refractivity contribution in [2.75, 3.05) is 13.7 Å². The summed E-state index contributed by atoms with van der Waals surface area (Å²) in [6.07, 6.45) is 0.857. The number of nitrogens with two attached hydrogens (primary N) is 1. The fourth-order valence-electron chi connectivity index (χ4n) is 0.658. The van der Waals surface area contributed by atoms with E-state index < -0.39 is 5.79 Å². The van der Waals surface area contributed by atoms with Gasteiger partial charge in [-0.15, -0.1) is 0 Å². The quantitative estimate of drug-likeness (QED) is 0.328. The highest BCUT2D eigenvalue weighted by Gasteiger charge is 2.25. The highest BCUT2D eigenvalue weighted by Crippen LogP contribution is 2.15. The first kappa shape index (κ1) is 9.84. The maximum atomic E-state index is 9.39. The molecule has 0 saturated heterocycles. The van der Waals surface area contributed by atoms with Crippen LogP contribution < -0.4 is 5.73 Å². The molecule has 4 nitrogen and oxygen atoms in total. The Kier molecular flexibility index (Phi) is 4.55. The van der Waals surface area contributed by atoms with Gasteiger partial charge in [-0.3, -0.25) is 0 Å². The standard InChI is InChI=1S/C6H15NO3/c1-3-6(8,4-5-7)10-9-2/h8H,3-5,7H2,1-2H3. The molecule has 0 rings (SSSR count). The van der Waals surface area contributed by atoms with E-state index in [9.17, 15) is 5.11 Å². The van der Waals surface area contributed by atoms with E-state index >= 15 is 0 Å². The van der Waals surface area contributed by atoms with Crippen molar-refractivity contribution >= 4 is 0 Å². The van der Waals surface area contributed by atoms with Crippen molar-refractivity contribution in [2.45, 2.75) is 25.6 Å². The molecule has 1 atom stereocenters. The third-order valence-electron chi connectivity index (χ3n) is 1.33. The molecule has 1 unspecified atom stereocenters. The van der Waals surface area contributed by atoms with E-state index in [1.54, 1.807) is 6.92 Å². The van der Waals surface area contributed by atoms with Crippen molar-refractivity contribution in [3.8, 4) is 0 Å². The summed E-state index contributed by atoms with van der Waals surface area (Å²) in [5.74, 6) is -1.20. The van der Waals surface area contributed by atoms with Gasteiger partial charge in [0.1, 0.15) is 0 Å². The molecule has 62 valence electrons. The van der Waals surface area contributed by atoms with Crippen molar-refractivity contribution in [1.29, 1.82) is 0 Å². The minimum atomic E-state index is -1.20. The molecule has 0 saturated carbocycles. The van der Waals surface area contributed by atoms with Crippen LogP contribution >= 0.6 is 0 Å². The van der Waals surface area contributed by atoms with Gasteiger partial charge in [0.05, 0.1) is 7.11 Å².